The monoisotopic (exact) mass is 326 g/mol. The first-order valence-corrected chi connectivity index (χ1v) is 9.27. The summed E-state index contributed by atoms with van der Waals surface area (Å²) in [5.41, 5.74) is 7.06. The first kappa shape index (κ1) is 18.8. The molecule has 0 saturated carbocycles. The lowest BCUT2D eigenvalue weighted by molar-refractivity contribution is 0.368. The fourth-order valence-electron chi connectivity index (χ4n) is 4.16. The molecule has 2 rings (SSSR count). The molecule has 0 spiro atoms. The van der Waals surface area contributed by atoms with Crippen molar-refractivity contribution >= 4 is 0 Å². The Morgan fingerprint density at radius 2 is 1.58 bits per heavy atom. The van der Waals surface area contributed by atoms with E-state index in [1.165, 1.54) is 27.8 Å². The summed E-state index contributed by atoms with van der Waals surface area (Å²) in [7, 11) is 1.83. The van der Waals surface area contributed by atoms with Gasteiger partial charge in [-0.15, -0.1) is 0 Å². The first-order valence-electron chi connectivity index (χ1n) is 9.27. The van der Waals surface area contributed by atoms with Gasteiger partial charge in [-0.3, -0.25) is 0 Å². The molecule has 1 aromatic rings. The maximum absolute atomic E-state index is 6.01. The Kier molecular flexibility index (Phi) is 5.32. The van der Waals surface area contributed by atoms with Gasteiger partial charge in [0, 0.05) is 16.5 Å². The summed E-state index contributed by atoms with van der Waals surface area (Å²) in [4.78, 5) is 0. The second kappa shape index (κ2) is 6.78. The Balaban J connectivity index is 2.76. The SMILES string of the molecule is CCC(CC)(C1=CC(C)=CC1)c1cc(C)cc(C(C)(C)C)c1OC. The molecule has 1 aliphatic carbocycles. The highest BCUT2D eigenvalue weighted by molar-refractivity contribution is 5.56. The molecule has 0 saturated heterocycles. The number of methoxy groups -OCH3 is 1. The van der Waals surface area contributed by atoms with Crippen LogP contribution >= 0.6 is 0 Å². The summed E-state index contributed by atoms with van der Waals surface area (Å²) in [6, 6.07) is 4.65. The summed E-state index contributed by atoms with van der Waals surface area (Å²) < 4.78 is 6.01. The maximum atomic E-state index is 6.01. The third kappa shape index (κ3) is 3.18. The average molecular weight is 327 g/mol. The number of hydrogen-bond acceptors (Lipinski definition) is 1. The van der Waals surface area contributed by atoms with Gasteiger partial charge in [0.05, 0.1) is 7.11 Å². The summed E-state index contributed by atoms with van der Waals surface area (Å²) in [5, 5.41) is 0. The van der Waals surface area contributed by atoms with Gasteiger partial charge in [-0.2, -0.15) is 0 Å². The van der Waals surface area contributed by atoms with Crippen molar-refractivity contribution in [3.05, 3.63) is 52.1 Å². The van der Waals surface area contributed by atoms with Crippen LogP contribution in [0.5, 0.6) is 5.75 Å². The lowest BCUT2D eigenvalue weighted by Gasteiger charge is -2.37. The van der Waals surface area contributed by atoms with Gasteiger partial charge in [0.2, 0.25) is 0 Å². The predicted octanol–water partition coefficient (Wildman–Crippen LogP) is 6.64. The molecule has 0 aromatic heterocycles. The van der Waals surface area contributed by atoms with Gasteiger partial charge in [0.25, 0.3) is 0 Å². The fourth-order valence-corrected chi connectivity index (χ4v) is 4.16. The minimum absolute atomic E-state index is 0.0611. The van der Waals surface area contributed by atoms with E-state index in [0.29, 0.717) is 0 Å². The third-order valence-corrected chi connectivity index (χ3v) is 5.63. The van der Waals surface area contributed by atoms with Crippen molar-refractivity contribution in [3.63, 3.8) is 0 Å². The van der Waals surface area contributed by atoms with E-state index in [2.05, 4.69) is 72.8 Å². The number of hydrogen-bond donors (Lipinski definition) is 0. The average Bonchev–Trinajstić information content (AvgIpc) is 2.95. The number of aryl methyl sites for hydroxylation is 1. The topological polar surface area (TPSA) is 9.23 Å². The van der Waals surface area contributed by atoms with Gasteiger partial charge < -0.3 is 4.74 Å². The lowest BCUT2D eigenvalue weighted by Crippen LogP contribution is -2.29. The molecule has 1 nitrogen and oxygen atoms in total. The molecular weight excluding hydrogens is 292 g/mol. The van der Waals surface area contributed by atoms with Crippen LogP contribution in [0.3, 0.4) is 0 Å². The third-order valence-electron chi connectivity index (χ3n) is 5.63. The molecule has 132 valence electrons. The Hall–Kier alpha value is -1.50. The largest absolute Gasteiger partial charge is 0.496 e. The minimum Gasteiger partial charge on any atom is -0.496 e. The van der Waals surface area contributed by atoms with E-state index < -0.39 is 0 Å². The molecule has 1 aliphatic rings. The standard InChI is InChI=1S/C23H34O/c1-9-23(10-2,18-12-11-16(3)13-18)20-15-17(4)14-19(21(20)24-8)22(5,6)7/h11,13-15H,9-10,12H2,1-8H3. The zero-order valence-corrected chi connectivity index (χ0v) is 16.8. The molecule has 0 heterocycles. The van der Waals surface area contributed by atoms with Crippen LogP contribution < -0.4 is 4.74 Å². The molecule has 1 aromatic carbocycles. The minimum atomic E-state index is 0.0611. The number of ether oxygens (including phenoxy) is 1. The number of benzene rings is 1. The van der Waals surface area contributed by atoms with Gasteiger partial charge in [-0.05, 0) is 38.5 Å². The highest BCUT2D eigenvalue weighted by Crippen LogP contribution is 2.49. The molecule has 0 atom stereocenters. The highest BCUT2D eigenvalue weighted by Gasteiger charge is 2.37. The Morgan fingerprint density at radius 3 is 2.00 bits per heavy atom. The molecule has 0 fully saturated rings. The van der Waals surface area contributed by atoms with E-state index in [4.69, 9.17) is 4.74 Å². The molecular formula is C23H34O. The first-order chi connectivity index (χ1) is 11.2. The van der Waals surface area contributed by atoms with Crippen LogP contribution in [-0.2, 0) is 10.8 Å². The molecule has 0 bridgehead atoms. The van der Waals surface area contributed by atoms with E-state index in [9.17, 15) is 0 Å². The van der Waals surface area contributed by atoms with Crippen LogP contribution in [0.1, 0.15) is 77.5 Å². The Bertz CT molecular complexity index is 664. The van der Waals surface area contributed by atoms with E-state index in [0.717, 1.165) is 25.0 Å². The normalized spacial score (nSPS) is 15.3. The van der Waals surface area contributed by atoms with Crippen molar-refractivity contribution in [3.8, 4) is 5.75 Å². The van der Waals surface area contributed by atoms with Gasteiger partial charge in [0.1, 0.15) is 5.75 Å². The van der Waals surface area contributed by atoms with Gasteiger partial charge >= 0.3 is 0 Å². The summed E-state index contributed by atoms with van der Waals surface area (Å²) in [6.45, 7) is 15.9. The van der Waals surface area contributed by atoms with Crippen LogP contribution in [0.4, 0.5) is 0 Å². The van der Waals surface area contributed by atoms with Gasteiger partial charge in [-0.1, -0.05) is 75.6 Å². The van der Waals surface area contributed by atoms with Crippen molar-refractivity contribution in [2.75, 3.05) is 7.11 Å². The van der Waals surface area contributed by atoms with Crippen molar-refractivity contribution in [1.29, 1.82) is 0 Å². The Morgan fingerprint density at radius 1 is 1.00 bits per heavy atom. The molecule has 0 radical (unpaired) electrons. The summed E-state index contributed by atoms with van der Waals surface area (Å²) >= 11 is 0. The molecule has 0 aliphatic heterocycles. The van der Waals surface area contributed by atoms with E-state index in [1.54, 1.807) is 0 Å². The Labute approximate surface area is 148 Å². The van der Waals surface area contributed by atoms with Gasteiger partial charge in [0.15, 0.2) is 0 Å². The van der Waals surface area contributed by atoms with Crippen molar-refractivity contribution in [2.45, 2.75) is 78.6 Å². The smallest absolute Gasteiger partial charge is 0.126 e. The van der Waals surface area contributed by atoms with Crippen LogP contribution in [0.2, 0.25) is 0 Å². The second-order valence-corrected chi connectivity index (χ2v) is 8.25. The molecule has 1 heteroatoms. The molecule has 0 amide bonds. The van der Waals surface area contributed by atoms with E-state index >= 15 is 0 Å². The zero-order valence-electron chi connectivity index (χ0n) is 16.8. The zero-order chi connectivity index (χ0) is 18.1. The van der Waals surface area contributed by atoms with Crippen molar-refractivity contribution in [2.24, 2.45) is 0 Å². The molecule has 24 heavy (non-hydrogen) atoms. The van der Waals surface area contributed by atoms with Crippen LogP contribution in [0.25, 0.3) is 0 Å². The summed E-state index contributed by atoms with van der Waals surface area (Å²) in [5.74, 6) is 1.09. The van der Waals surface area contributed by atoms with Crippen molar-refractivity contribution < 1.29 is 4.74 Å². The highest BCUT2D eigenvalue weighted by atomic mass is 16.5. The number of rotatable bonds is 5. The number of allylic oxidation sites excluding steroid dienone is 4. The maximum Gasteiger partial charge on any atom is 0.126 e. The van der Waals surface area contributed by atoms with E-state index in [1.807, 2.05) is 7.11 Å². The van der Waals surface area contributed by atoms with Gasteiger partial charge in [-0.25, -0.2) is 0 Å². The predicted molar refractivity (Wildman–Crippen MR) is 105 cm³/mol. The van der Waals surface area contributed by atoms with Crippen LogP contribution in [0.15, 0.2) is 35.4 Å². The fraction of sp³-hybridized carbons (Fsp3) is 0.565. The summed E-state index contributed by atoms with van der Waals surface area (Å²) in [6.07, 6.45) is 8.00. The quantitative estimate of drug-likeness (QED) is 0.589. The second-order valence-electron chi connectivity index (χ2n) is 8.25. The van der Waals surface area contributed by atoms with Crippen LogP contribution in [0, 0.1) is 6.92 Å². The molecule has 0 N–H and O–H groups in total. The van der Waals surface area contributed by atoms with Crippen molar-refractivity contribution in [1.82, 2.24) is 0 Å². The van der Waals surface area contributed by atoms with Crippen LogP contribution in [-0.4, -0.2) is 7.11 Å². The molecule has 0 unspecified atom stereocenters. The lowest BCUT2D eigenvalue weighted by atomic mass is 9.67. The van der Waals surface area contributed by atoms with E-state index in [-0.39, 0.29) is 10.8 Å².